The second kappa shape index (κ2) is 14.9. The van der Waals surface area contributed by atoms with Crippen LogP contribution in [-0.2, 0) is 16.4 Å². The molecule has 1 aromatic heterocycles. The summed E-state index contributed by atoms with van der Waals surface area (Å²) in [5.41, 5.74) is 1.15. The number of hydrogen-bond acceptors (Lipinski definition) is 9. The number of hydrogen-bond donors (Lipinski definition) is 4. The highest BCUT2D eigenvalue weighted by molar-refractivity contribution is 7.89. The summed E-state index contributed by atoms with van der Waals surface area (Å²) in [7, 11) is -4.06. The fraction of sp³-hybridized carbons (Fsp3) is 0.400. The van der Waals surface area contributed by atoms with Crippen molar-refractivity contribution in [2.45, 2.75) is 43.7 Å². The minimum Gasteiger partial charge on any atom is -0.494 e. The second-order valence-electron chi connectivity index (χ2n) is 10.7. The number of furan rings is 1. The van der Waals surface area contributed by atoms with E-state index in [0.717, 1.165) is 4.31 Å². The van der Waals surface area contributed by atoms with E-state index < -0.39 is 28.3 Å². The maximum atomic E-state index is 13.6. The van der Waals surface area contributed by atoms with Gasteiger partial charge < -0.3 is 39.5 Å². The Bertz CT molecular complexity index is 1490. The van der Waals surface area contributed by atoms with Gasteiger partial charge in [-0.1, -0.05) is 26.0 Å². The highest BCUT2D eigenvalue weighted by atomic mass is 32.2. The predicted octanol–water partition coefficient (Wildman–Crippen LogP) is 3.09. The first-order chi connectivity index (χ1) is 21.0. The van der Waals surface area contributed by atoms with Gasteiger partial charge in [0.05, 0.1) is 35.5 Å². The van der Waals surface area contributed by atoms with E-state index >= 15 is 0 Å². The molecule has 3 aromatic rings. The van der Waals surface area contributed by atoms with Crippen molar-refractivity contribution in [1.82, 2.24) is 14.9 Å². The first-order valence-electron chi connectivity index (χ1n) is 14.1. The molecule has 44 heavy (non-hydrogen) atoms. The fourth-order valence-electron chi connectivity index (χ4n) is 4.58. The van der Waals surface area contributed by atoms with E-state index in [2.05, 4.69) is 10.6 Å². The summed E-state index contributed by atoms with van der Waals surface area (Å²) in [6, 6.07) is 11.8. The molecule has 0 bridgehead atoms. The van der Waals surface area contributed by atoms with Crippen molar-refractivity contribution in [2.75, 3.05) is 33.0 Å². The van der Waals surface area contributed by atoms with Crippen LogP contribution in [0.4, 0.5) is 4.79 Å². The monoisotopic (exact) mass is 631 g/mol. The Kier molecular flexibility index (Phi) is 11.1. The van der Waals surface area contributed by atoms with Crippen LogP contribution in [0.2, 0.25) is 0 Å². The number of rotatable bonds is 16. The molecule has 0 aliphatic carbocycles. The third-order valence-electron chi connectivity index (χ3n) is 6.75. The summed E-state index contributed by atoms with van der Waals surface area (Å²) in [5, 5.41) is 25.7. The quantitative estimate of drug-likeness (QED) is 0.172. The van der Waals surface area contributed by atoms with Crippen LogP contribution in [0, 0.1) is 5.92 Å². The lowest BCUT2D eigenvalue weighted by molar-refractivity contribution is 0.0950. The van der Waals surface area contributed by atoms with Crippen molar-refractivity contribution in [3.05, 3.63) is 72.2 Å². The molecule has 0 saturated heterocycles. The molecule has 2 atom stereocenters. The molecule has 2 aromatic carbocycles. The number of sulfonamides is 1. The average Bonchev–Trinajstić information content (AvgIpc) is 3.69. The summed E-state index contributed by atoms with van der Waals surface area (Å²) >= 11 is 0. The Labute approximate surface area is 255 Å². The van der Waals surface area contributed by atoms with Crippen LogP contribution in [-0.4, -0.2) is 80.1 Å². The molecule has 14 heteroatoms. The fourth-order valence-corrected chi connectivity index (χ4v) is 6.22. The molecule has 0 radical (unpaired) electrons. The summed E-state index contributed by atoms with van der Waals surface area (Å²) in [6.07, 6.45) is 0.771. The average molecular weight is 632 g/mol. The molecule has 0 spiro atoms. The molecule has 13 nitrogen and oxygen atoms in total. The number of fused-ring (bicyclic) bond motifs is 1. The third kappa shape index (κ3) is 8.88. The smallest absolute Gasteiger partial charge is 0.404 e. The number of nitrogens with zero attached hydrogens (tertiary/aromatic N) is 1. The molecule has 0 saturated carbocycles. The highest BCUT2D eigenvalue weighted by Crippen LogP contribution is 2.35. The van der Waals surface area contributed by atoms with Gasteiger partial charge in [-0.05, 0) is 54.7 Å². The van der Waals surface area contributed by atoms with Crippen molar-refractivity contribution >= 4 is 22.0 Å². The molecular formula is C30H37N3O10S. The van der Waals surface area contributed by atoms with E-state index in [-0.39, 0.29) is 43.0 Å². The molecule has 1 aliphatic rings. The number of carbonyl (C=O) groups is 2. The summed E-state index contributed by atoms with van der Waals surface area (Å²) in [4.78, 5) is 23.5. The molecular weight excluding hydrogens is 594 g/mol. The number of carbonyl (C=O) groups excluding carboxylic acids is 1. The van der Waals surface area contributed by atoms with Crippen LogP contribution >= 0.6 is 0 Å². The van der Waals surface area contributed by atoms with E-state index in [1.54, 1.807) is 30.3 Å². The molecule has 2 amide bonds. The maximum absolute atomic E-state index is 13.6. The molecule has 0 unspecified atom stereocenters. The first-order valence-corrected chi connectivity index (χ1v) is 15.6. The van der Waals surface area contributed by atoms with Gasteiger partial charge in [-0.25, -0.2) is 13.2 Å². The molecule has 1 aliphatic heterocycles. The summed E-state index contributed by atoms with van der Waals surface area (Å²) in [5.74, 6) is 1.03. The van der Waals surface area contributed by atoms with Crippen molar-refractivity contribution in [2.24, 2.45) is 5.92 Å². The SMILES string of the molecule is CC(C)CN(C[C@H](O)[C@H](Cc1ccc(OCCCNC(=O)c2ccoc2)cc1)NC(=O)O)S(=O)(=O)c1ccc2c(c1)OCO2. The van der Waals surface area contributed by atoms with Gasteiger partial charge >= 0.3 is 6.09 Å². The lowest BCUT2D eigenvalue weighted by Gasteiger charge is -2.30. The van der Waals surface area contributed by atoms with E-state index in [4.69, 9.17) is 18.6 Å². The van der Waals surface area contributed by atoms with Gasteiger partial charge in [0.15, 0.2) is 11.5 Å². The van der Waals surface area contributed by atoms with Crippen LogP contribution in [0.1, 0.15) is 36.2 Å². The Balaban J connectivity index is 1.35. The van der Waals surface area contributed by atoms with Crippen LogP contribution < -0.4 is 24.8 Å². The van der Waals surface area contributed by atoms with E-state index in [9.17, 15) is 28.2 Å². The minimum absolute atomic E-state index is 0.00405. The second-order valence-corrected chi connectivity index (χ2v) is 12.6. The van der Waals surface area contributed by atoms with Crippen LogP contribution in [0.25, 0.3) is 0 Å². The van der Waals surface area contributed by atoms with Gasteiger partial charge in [0, 0.05) is 25.7 Å². The van der Waals surface area contributed by atoms with E-state index in [0.29, 0.717) is 47.9 Å². The van der Waals surface area contributed by atoms with Gasteiger partial charge in [-0.3, -0.25) is 4.79 Å². The van der Waals surface area contributed by atoms with Crippen LogP contribution in [0.15, 0.2) is 70.4 Å². The first kappa shape index (κ1) is 32.6. The van der Waals surface area contributed by atoms with Crippen molar-refractivity contribution in [3.8, 4) is 17.2 Å². The number of ether oxygens (including phenoxy) is 3. The molecule has 4 N–H and O–H groups in total. The Morgan fingerprint density at radius 1 is 1.05 bits per heavy atom. The highest BCUT2D eigenvalue weighted by Gasteiger charge is 2.32. The van der Waals surface area contributed by atoms with Gasteiger partial charge in [-0.15, -0.1) is 0 Å². The number of nitrogens with one attached hydrogen (secondary N) is 2. The third-order valence-corrected chi connectivity index (χ3v) is 8.58. The van der Waals surface area contributed by atoms with Gasteiger partial charge in [0.25, 0.3) is 5.91 Å². The zero-order valence-corrected chi connectivity index (χ0v) is 25.3. The molecule has 238 valence electrons. The van der Waals surface area contributed by atoms with Crippen LogP contribution in [0.3, 0.4) is 0 Å². The maximum Gasteiger partial charge on any atom is 0.404 e. The lowest BCUT2D eigenvalue weighted by Crippen LogP contribution is -2.50. The Morgan fingerprint density at radius 3 is 2.48 bits per heavy atom. The van der Waals surface area contributed by atoms with Gasteiger partial charge in [0.2, 0.25) is 16.8 Å². The number of benzene rings is 2. The zero-order valence-electron chi connectivity index (χ0n) is 24.5. The lowest BCUT2D eigenvalue weighted by atomic mass is 10.0. The van der Waals surface area contributed by atoms with Gasteiger partial charge in [0.1, 0.15) is 12.0 Å². The topological polar surface area (TPSA) is 177 Å². The van der Waals surface area contributed by atoms with Crippen molar-refractivity contribution in [1.29, 1.82) is 0 Å². The summed E-state index contributed by atoms with van der Waals surface area (Å²) < 4.78 is 49.6. The minimum atomic E-state index is -4.06. The molecule has 0 fully saturated rings. The number of aliphatic hydroxyl groups is 1. The predicted molar refractivity (Wildman–Crippen MR) is 158 cm³/mol. The van der Waals surface area contributed by atoms with Crippen molar-refractivity contribution in [3.63, 3.8) is 0 Å². The zero-order chi connectivity index (χ0) is 31.7. The Hall–Kier alpha value is -4.27. The van der Waals surface area contributed by atoms with Crippen molar-refractivity contribution < 1.29 is 46.8 Å². The normalized spacial score (nSPS) is 13.9. The number of aliphatic hydroxyl groups excluding tert-OH is 1. The van der Waals surface area contributed by atoms with Gasteiger partial charge in [-0.2, -0.15) is 4.31 Å². The van der Waals surface area contributed by atoms with E-state index in [1.807, 2.05) is 13.8 Å². The largest absolute Gasteiger partial charge is 0.494 e. The molecule has 2 heterocycles. The standard InChI is InChI=1S/C30H37N3O10S/c1-20(2)16-33(44(38,39)24-8-9-27-28(15-24)43-19-42-27)17-26(34)25(32-30(36)37)14-21-4-6-23(7-5-21)41-12-3-11-31-29(35)22-10-13-40-18-22/h4-10,13,15,18,20,25-26,32,34H,3,11-12,14,16-17,19H2,1-2H3,(H,31,35)(H,36,37)/t25-,26-/m0/s1. The molecule has 4 rings (SSSR count). The number of carboxylic acid groups (broad SMARTS) is 1. The van der Waals surface area contributed by atoms with E-state index in [1.165, 1.54) is 30.7 Å². The number of amides is 2. The van der Waals surface area contributed by atoms with Crippen LogP contribution in [0.5, 0.6) is 17.2 Å². The Morgan fingerprint density at radius 2 is 1.80 bits per heavy atom. The summed E-state index contributed by atoms with van der Waals surface area (Å²) in [6.45, 7) is 4.24.